The lowest BCUT2D eigenvalue weighted by molar-refractivity contribution is 0.728. The maximum absolute atomic E-state index is 5.13. The average Bonchev–Trinajstić information content (AvgIpc) is 2.03. The molecule has 1 rings (SSSR count). The van der Waals surface area contributed by atoms with Gasteiger partial charge in [-0.2, -0.15) is 0 Å². The number of benzene rings is 1. The van der Waals surface area contributed by atoms with E-state index in [1.165, 1.54) is 5.56 Å². The summed E-state index contributed by atoms with van der Waals surface area (Å²) in [5.41, 5.74) is 3.94. The van der Waals surface area contributed by atoms with E-state index in [0.29, 0.717) is 0 Å². The smallest absolute Gasteiger partial charge is 0.0138 e. The molecule has 0 bridgehead atoms. The number of nitrogens with one attached hydrogen (secondary N) is 1. The summed E-state index contributed by atoms with van der Waals surface area (Å²) >= 11 is 0. The van der Waals surface area contributed by atoms with Gasteiger partial charge in [0.05, 0.1) is 0 Å². The minimum atomic E-state index is 0. The van der Waals surface area contributed by atoms with Crippen LogP contribution >= 0.6 is 0 Å². The summed E-state index contributed by atoms with van der Waals surface area (Å²) in [5.74, 6) is 5.13. The zero-order valence-electron chi connectivity index (χ0n) is 6.38. The molecule has 0 amide bonds. The number of hydrogen-bond donors (Lipinski definition) is 2. The molecule has 0 aliphatic heterocycles. The molecule has 0 fully saturated rings. The van der Waals surface area contributed by atoms with Crippen LogP contribution in [0.5, 0.6) is 0 Å². The molecule has 11 heavy (non-hydrogen) atoms. The fraction of sp³-hybridized carbons (Fsp3) is 0.250. The van der Waals surface area contributed by atoms with E-state index in [1.807, 2.05) is 18.2 Å². The lowest BCUT2D eigenvalue weighted by Crippen LogP contribution is -2.24. The third kappa shape index (κ3) is 3.72. The predicted octanol–water partition coefficient (Wildman–Crippen LogP) is -0.132. The van der Waals surface area contributed by atoms with Crippen LogP contribution in [0, 0.1) is 0 Å². The molecular formula is C8H14N2O. The minimum absolute atomic E-state index is 0. The highest BCUT2D eigenvalue weighted by molar-refractivity contribution is 5.14. The summed E-state index contributed by atoms with van der Waals surface area (Å²) in [7, 11) is 0. The summed E-state index contributed by atoms with van der Waals surface area (Å²) < 4.78 is 0. The maximum atomic E-state index is 5.13. The lowest BCUT2D eigenvalue weighted by Gasteiger charge is -1.97. The Morgan fingerprint density at radius 3 is 2.36 bits per heavy atom. The summed E-state index contributed by atoms with van der Waals surface area (Å²) in [5, 5.41) is 0. The third-order valence-electron chi connectivity index (χ3n) is 1.40. The number of rotatable bonds is 3. The van der Waals surface area contributed by atoms with Crippen molar-refractivity contribution in [3.8, 4) is 0 Å². The molecule has 62 valence electrons. The third-order valence-corrected chi connectivity index (χ3v) is 1.40. The van der Waals surface area contributed by atoms with Gasteiger partial charge in [0.15, 0.2) is 0 Å². The van der Waals surface area contributed by atoms with Gasteiger partial charge in [0, 0.05) is 6.54 Å². The zero-order valence-corrected chi connectivity index (χ0v) is 6.38. The first-order chi connectivity index (χ1) is 4.93. The second-order valence-corrected chi connectivity index (χ2v) is 2.19. The Hall–Kier alpha value is -0.900. The first-order valence-corrected chi connectivity index (χ1v) is 3.41. The van der Waals surface area contributed by atoms with Crippen molar-refractivity contribution in [1.29, 1.82) is 0 Å². The fourth-order valence-electron chi connectivity index (χ4n) is 0.861. The van der Waals surface area contributed by atoms with Crippen LogP contribution in [0.4, 0.5) is 0 Å². The Morgan fingerprint density at radius 2 is 1.82 bits per heavy atom. The normalized spacial score (nSPS) is 8.82. The standard InChI is InChI=1S/C8H12N2.H2O/c9-10-7-6-8-4-2-1-3-5-8;/h1-5,10H,6-7,9H2;1H2. The van der Waals surface area contributed by atoms with Crippen molar-refractivity contribution in [1.82, 2.24) is 5.43 Å². The Balaban J connectivity index is 0.000001000. The molecule has 3 heteroatoms. The molecule has 0 unspecified atom stereocenters. The van der Waals surface area contributed by atoms with Crippen LogP contribution in [-0.4, -0.2) is 12.0 Å². The van der Waals surface area contributed by atoms with E-state index in [2.05, 4.69) is 17.6 Å². The molecule has 0 aromatic heterocycles. The topological polar surface area (TPSA) is 69.5 Å². The monoisotopic (exact) mass is 154 g/mol. The lowest BCUT2D eigenvalue weighted by atomic mass is 10.2. The van der Waals surface area contributed by atoms with Gasteiger partial charge in [-0.15, -0.1) is 0 Å². The van der Waals surface area contributed by atoms with Gasteiger partial charge in [-0.25, -0.2) is 0 Å². The molecular weight excluding hydrogens is 140 g/mol. The molecule has 5 N–H and O–H groups in total. The average molecular weight is 154 g/mol. The number of nitrogens with two attached hydrogens (primary N) is 1. The van der Waals surface area contributed by atoms with Gasteiger partial charge in [-0.05, 0) is 12.0 Å². The molecule has 0 radical (unpaired) electrons. The molecule has 3 nitrogen and oxygen atoms in total. The Morgan fingerprint density at radius 1 is 1.18 bits per heavy atom. The van der Waals surface area contributed by atoms with Crippen LogP contribution in [0.25, 0.3) is 0 Å². The SMILES string of the molecule is NNCCc1ccccc1.O. The van der Waals surface area contributed by atoms with Crippen molar-refractivity contribution in [2.24, 2.45) is 5.84 Å². The van der Waals surface area contributed by atoms with E-state index in [-0.39, 0.29) is 5.48 Å². The van der Waals surface area contributed by atoms with E-state index in [0.717, 1.165) is 13.0 Å². The summed E-state index contributed by atoms with van der Waals surface area (Å²) in [6, 6.07) is 10.3. The second-order valence-electron chi connectivity index (χ2n) is 2.19. The highest BCUT2D eigenvalue weighted by Gasteiger charge is 1.86. The van der Waals surface area contributed by atoms with Crippen molar-refractivity contribution >= 4 is 0 Å². The zero-order chi connectivity index (χ0) is 7.23. The summed E-state index contributed by atoms with van der Waals surface area (Å²) in [6.07, 6.45) is 0.997. The predicted molar refractivity (Wildman–Crippen MR) is 45.9 cm³/mol. The van der Waals surface area contributed by atoms with E-state index < -0.39 is 0 Å². The van der Waals surface area contributed by atoms with Crippen LogP contribution in [0.1, 0.15) is 5.56 Å². The second kappa shape index (κ2) is 5.85. The summed E-state index contributed by atoms with van der Waals surface area (Å²) in [4.78, 5) is 0. The van der Waals surface area contributed by atoms with Crippen molar-refractivity contribution < 1.29 is 5.48 Å². The fourth-order valence-corrected chi connectivity index (χ4v) is 0.861. The van der Waals surface area contributed by atoms with Gasteiger partial charge in [-0.3, -0.25) is 11.3 Å². The van der Waals surface area contributed by atoms with Gasteiger partial charge < -0.3 is 5.48 Å². The van der Waals surface area contributed by atoms with E-state index >= 15 is 0 Å². The highest BCUT2D eigenvalue weighted by Crippen LogP contribution is 1.97. The van der Waals surface area contributed by atoms with Gasteiger partial charge >= 0.3 is 0 Å². The first-order valence-electron chi connectivity index (χ1n) is 3.41. The van der Waals surface area contributed by atoms with E-state index in [9.17, 15) is 0 Å². The van der Waals surface area contributed by atoms with Crippen molar-refractivity contribution in [3.05, 3.63) is 35.9 Å². The summed E-state index contributed by atoms with van der Waals surface area (Å²) in [6.45, 7) is 0.837. The molecule has 0 heterocycles. The number of hydrogen-bond acceptors (Lipinski definition) is 2. The molecule has 0 aliphatic carbocycles. The van der Waals surface area contributed by atoms with Gasteiger partial charge in [0.25, 0.3) is 0 Å². The Bertz CT molecular complexity index is 177. The van der Waals surface area contributed by atoms with Crippen LogP contribution < -0.4 is 11.3 Å². The molecule has 0 saturated carbocycles. The van der Waals surface area contributed by atoms with Crippen molar-refractivity contribution in [3.63, 3.8) is 0 Å². The van der Waals surface area contributed by atoms with Crippen LogP contribution in [0.15, 0.2) is 30.3 Å². The van der Waals surface area contributed by atoms with Crippen LogP contribution in [0.3, 0.4) is 0 Å². The van der Waals surface area contributed by atoms with E-state index in [1.54, 1.807) is 0 Å². The van der Waals surface area contributed by atoms with Crippen LogP contribution in [-0.2, 0) is 6.42 Å². The molecule has 0 saturated heterocycles. The molecule has 1 aromatic rings. The maximum Gasteiger partial charge on any atom is 0.0138 e. The molecule has 0 spiro atoms. The van der Waals surface area contributed by atoms with E-state index in [4.69, 9.17) is 5.84 Å². The molecule has 0 aliphatic rings. The largest absolute Gasteiger partial charge is 0.412 e. The van der Waals surface area contributed by atoms with Crippen molar-refractivity contribution in [2.45, 2.75) is 6.42 Å². The highest BCUT2D eigenvalue weighted by atomic mass is 16.0. The Labute approximate surface area is 66.5 Å². The van der Waals surface area contributed by atoms with Gasteiger partial charge in [0.2, 0.25) is 0 Å². The number of hydrazine groups is 1. The van der Waals surface area contributed by atoms with Crippen molar-refractivity contribution in [2.75, 3.05) is 6.54 Å². The quantitative estimate of drug-likeness (QED) is 0.470. The molecule has 1 aromatic carbocycles. The minimum Gasteiger partial charge on any atom is -0.412 e. The van der Waals surface area contributed by atoms with Gasteiger partial charge in [0.1, 0.15) is 0 Å². The molecule has 0 atom stereocenters. The van der Waals surface area contributed by atoms with Gasteiger partial charge in [-0.1, -0.05) is 30.3 Å². The Kier molecular flexibility index (Phi) is 5.37. The first kappa shape index (κ1) is 10.1. The van der Waals surface area contributed by atoms with Crippen LogP contribution in [0.2, 0.25) is 0 Å².